The molecule has 0 radical (unpaired) electrons. The van der Waals surface area contributed by atoms with Crippen LogP contribution in [-0.2, 0) is 4.79 Å². The van der Waals surface area contributed by atoms with Crippen LogP contribution in [0.2, 0.25) is 0 Å². The maximum absolute atomic E-state index is 12.5. The highest BCUT2D eigenvalue weighted by Gasteiger charge is 2.39. The minimum Gasteiger partial charge on any atom is -0.326 e. The van der Waals surface area contributed by atoms with Crippen LogP contribution in [0, 0.1) is 17.2 Å². The molecule has 2 rings (SSSR count). The quantitative estimate of drug-likeness (QED) is 0.775. The monoisotopic (exact) mass is 277 g/mol. The van der Waals surface area contributed by atoms with E-state index in [1.165, 1.54) is 19.3 Å². The Kier molecular flexibility index (Phi) is 4.70. The van der Waals surface area contributed by atoms with Crippen molar-refractivity contribution in [3.63, 3.8) is 0 Å². The van der Waals surface area contributed by atoms with Crippen molar-refractivity contribution in [2.24, 2.45) is 5.92 Å². The van der Waals surface area contributed by atoms with E-state index in [4.69, 9.17) is 0 Å². The Morgan fingerprint density at radius 1 is 1.30 bits per heavy atom. The molecule has 4 nitrogen and oxygen atoms in total. The van der Waals surface area contributed by atoms with Crippen molar-refractivity contribution in [3.8, 4) is 6.07 Å². The lowest BCUT2D eigenvalue weighted by molar-refractivity contribution is -0.136. The number of rotatable bonds is 5. The molecule has 20 heavy (non-hydrogen) atoms. The summed E-state index contributed by atoms with van der Waals surface area (Å²) < 4.78 is 0. The maximum Gasteiger partial charge on any atom is 0.237 e. The van der Waals surface area contributed by atoms with E-state index in [-0.39, 0.29) is 5.91 Å². The first-order valence-electron chi connectivity index (χ1n) is 7.88. The molecule has 0 spiro atoms. The molecule has 2 saturated carbocycles. The predicted molar refractivity (Wildman–Crippen MR) is 79.0 cm³/mol. The maximum atomic E-state index is 12.5. The lowest BCUT2D eigenvalue weighted by Gasteiger charge is -2.40. The fraction of sp³-hybridized carbons (Fsp3) is 0.875. The number of carbonyl (C=O) groups excluding carboxylic acids is 1. The van der Waals surface area contributed by atoms with Gasteiger partial charge in [-0.15, -0.1) is 0 Å². The number of likely N-dealkylation sites (N-methyl/N-ethyl adjacent to an activating group) is 2. The number of hydrogen-bond donors (Lipinski definition) is 0. The van der Waals surface area contributed by atoms with Crippen LogP contribution in [0.15, 0.2) is 0 Å². The fourth-order valence-electron chi connectivity index (χ4n) is 3.30. The Bertz CT molecular complexity index is 391. The molecule has 0 N–H and O–H groups in total. The Labute approximate surface area is 122 Å². The molecule has 0 heterocycles. The van der Waals surface area contributed by atoms with Crippen molar-refractivity contribution in [3.05, 3.63) is 0 Å². The molecule has 2 aliphatic rings. The molecular weight excluding hydrogens is 250 g/mol. The molecule has 1 amide bonds. The first-order valence-corrected chi connectivity index (χ1v) is 7.88. The molecule has 0 aromatic heterocycles. The van der Waals surface area contributed by atoms with Crippen molar-refractivity contribution >= 4 is 5.91 Å². The smallest absolute Gasteiger partial charge is 0.237 e. The largest absolute Gasteiger partial charge is 0.326 e. The highest BCUT2D eigenvalue weighted by molar-refractivity contribution is 5.79. The molecule has 2 fully saturated rings. The molecule has 0 bridgehead atoms. The summed E-state index contributed by atoms with van der Waals surface area (Å²) in [5.74, 6) is 0.848. The zero-order valence-corrected chi connectivity index (χ0v) is 13.1. The summed E-state index contributed by atoms with van der Waals surface area (Å²) in [4.78, 5) is 16.4. The van der Waals surface area contributed by atoms with Gasteiger partial charge in [0.05, 0.1) is 12.6 Å². The van der Waals surface area contributed by atoms with E-state index in [1.807, 2.05) is 14.1 Å². The second kappa shape index (κ2) is 6.13. The van der Waals surface area contributed by atoms with Crippen LogP contribution in [-0.4, -0.2) is 47.9 Å². The highest BCUT2D eigenvalue weighted by atomic mass is 16.2. The summed E-state index contributed by atoms with van der Waals surface area (Å²) >= 11 is 0. The first-order chi connectivity index (χ1) is 9.50. The Balaban J connectivity index is 1.94. The SMILES string of the molecule is CC(C1CC1)N(C)CC(=O)N(C)C1(C#N)CCCCC1. The third-order valence-electron chi connectivity index (χ3n) is 5.29. The average molecular weight is 277 g/mol. The summed E-state index contributed by atoms with van der Waals surface area (Å²) in [7, 11) is 3.83. The van der Waals surface area contributed by atoms with Gasteiger partial charge in [0.25, 0.3) is 0 Å². The molecule has 112 valence electrons. The van der Waals surface area contributed by atoms with Gasteiger partial charge in [-0.1, -0.05) is 19.3 Å². The minimum absolute atomic E-state index is 0.0865. The minimum atomic E-state index is -0.557. The van der Waals surface area contributed by atoms with Crippen LogP contribution in [0.25, 0.3) is 0 Å². The molecule has 0 saturated heterocycles. The number of hydrogen-bond acceptors (Lipinski definition) is 3. The Hall–Kier alpha value is -1.08. The Morgan fingerprint density at radius 2 is 1.90 bits per heavy atom. The van der Waals surface area contributed by atoms with E-state index in [2.05, 4.69) is 17.9 Å². The number of nitriles is 1. The molecular formula is C16H27N3O. The molecule has 0 aromatic rings. The van der Waals surface area contributed by atoms with Crippen molar-refractivity contribution in [1.29, 1.82) is 5.26 Å². The zero-order chi connectivity index (χ0) is 14.8. The summed E-state index contributed by atoms with van der Waals surface area (Å²) in [6.07, 6.45) is 7.53. The highest BCUT2D eigenvalue weighted by Crippen LogP contribution is 2.35. The summed E-state index contributed by atoms with van der Waals surface area (Å²) in [5.41, 5.74) is -0.557. The lowest BCUT2D eigenvalue weighted by atomic mass is 9.81. The van der Waals surface area contributed by atoms with Gasteiger partial charge in [0.1, 0.15) is 5.54 Å². The van der Waals surface area contributed by atoms with Crippen LogP contribution in [0.1, 0.15) is 51.9 Å². The average Bonchev–Trinajstić information content (AvgIpc) is 3.30. The second-order valence-electron chi connectivity index (χ2n) is 6.65. The van der Waals surface area contributed by atoms with Gasteiger partial charge < -0.3 is 4.90 Å². The van der Waals surface area contributed by atoms with Crippen molar-refractivity contribution < 1.29 is 4.79 Å². The third kappa shape index (κ3) is 3.15. The topological polar surface area (TPSA) is 47.3 Å². The van der Waals surface area contributed by atoms with Gasteiger partial charge in [-0.25, -0.2) is 0 Å². The van der Waals surface area contributed by atoms with Crippen LogP contribution >= 0.6 is 0 Å². The van der Waals surface area contributed by atoms with Crippen LogP contribution in [0.5, 0.6) is 0 Å². The van der Waals surface area contributed by atoms with Gasteiger partial charge in [-0.2, -0.15) is 5.26 Å². The molecule has 0 aromatic carbocycles. The molecule has 1 atom stereocenters. The van der Waals surface area contributed by atoms with Crippen molar-refractivity contribution in [1.82, 2.24) is 9.80 Å². The molecule has 1 unspecified atom stereocenters. The van der Waals surface area contributed by atoms with E-state index in [1.54, 1.807) is 4.90 Å². The standard InChI is InChI=1S/C16H27N3O/c1-13(14-7-8-14)18(2)11-15(20)19(3)16(12-17)9-5-4-6-10-16/h13-14H,4-11H2,1-3H3. The van der Waals surface area contributed by atoms with Gasteiger partial charge in [0.15, 0.2) is 0 Å². The van der Waals surface area contributed by atoms with Gasteiger partial charge in [0.2, 0.25) is 5.91 Å². The van der Waals surface area contributed by atoms with E-state index in [0.29, 0.717) is 12.6 Å². The van der Waals surface area contributed by atoms with E-state index in [0.717, 1.165) is 31.6 Å². The summed E-state index contributed by atoms with van der Waals surface area (Å²) in [5, 5.41) is 9.54. The van der Waals surface area contributed by atoms with E-state index >= 15 is 0 Å². The molecule has 2 aliphatic carbocycles. The molecule has 4 heteroatoms. The van der Waals surface area contributed by atoms with Crippen molar-refractivity contribution in [2.75, 3.05) is 20.6 Å². The zero-order valence-electron chi connectivity index (χ0n) is 13.1. The fourth-order valence-corrected chi connectivity index (χ4v) is 3.30. The van der Waals surface area contributed by atoms with Crippen LogP contribution < -0.4 is 0 Å². The van der Waals surface area contributed by atoms with Gasteiger partial charge >= 0.3 is 0 Å². The summed E-state index contributed by atoms with van der Waals surface area (Å²) in [6.45, 7) is 2.63. The second-order valence-corrected chi connectivity index (χ2v) is 6.65. The van der Waals surface area contributed by atoms with Crippen LogP contribution in [0.4, 0.5) is 0 Å². The number of amides is 1. The van der Waals surface area contributed by atoms with E-state index in [9.17, 15) is 10.1 Å². The van der Waals surface area contributed by atoms with Gasteiger partial charge in [-0.05, 0) is 45.6 Å². The van der Waals surface area contributed by atoms with Gasteiger partial charge in [-0.3, -0.25) is 9.69 Å². The predicted octanol–water partition coefficient (Wildman–Crippen LogP) is 2.40. The lowest BCUT2D eigenvalue weighted by Crippen LogP contribution is -2.53. The third-order valence-corrected chi connectivity index (χ3v) is 5.29. The van der Waals surface area contributed by atoms with Crippen LogP contribution in [0.3, 0.4) is 0 Å². The number of carbonyl (C=O) groups is 1. The number of nitrogens with zero attached hydrogens (tertiary/aromatic N) is 3. The van der Waals surface area contributed by atoms with Gasteiger partial charge in [0, 0.05) is 13.1 Å². The molecule has 0 aliphatic heterocycles. The van der Waals surface area contributed by atoms with Crippen molar-refractivity contribution in [2.45, 2.75) is 63.5 Å². The first kappa shape index (κ1) is 15.3. The Morgan fingerprint density at radius 3 is 2.40 bits per heavy atom. The summed E-state index contributed by atoms with van der Waals surface area (Å²) in [6, 6.07) is 2.89. The normalized spacial score (nSPS) is 23.1. The van der Waals surface area contributed by atoms with E-state index < -0.39 is 5.54 Å².